The third-order valence-corrected chi connectivity index (χ3v) is 5.95. The molecule has 1 saturated heterocycles. The summed E-state index contributed by atoms with van der Waals surface area (Å²) in [6.45, 7) is 2.56. The molecule has 0 spiro atoms. The van der Waals surface area contributed by atoms with Gasteiger partial charge in [0.1, 0.15) is 18.3 Å². The summed E-state index contributed by atoms with van der Waals surface area (Å²) in [7, 11) is 0. The number of hydrogen-bond donors (Lipinski definition) is 2. The zero-order valence-corrected chi connectivity index (χ0v) is 19.1. The average Bonchev–Trinajstić information content (AvgIpc) is 3.33. The van der Waals surface area contributed by atoms with Gasteiger partial charge in [0, 0.05) is 5.56 Å². The van der Waals surface area contributed by atoms with Crippen molar-refractivity contribution in [3.05, 3.63) is 52.0 Å². The zero-order valence-electron chi connectivity index (χ0n) is 19.1. The Morgan fingerprint density at radius 3 is 2.43 bits per heavy atom. The van der Waals surface area contributed by atoms with E-state index in [0.29, 0.717) is 12.8 Å². The molecule has 0 atom stereocenters. The lowest BCUT2D eigenvalue weighted by atomic mass is 10.0. The van der Waals surface area contributed by atoms with Crippen LogP contribution in [0.2, 0.25) is 0 Å². The first-order valence-electron chi connectivity index (χ1n) is 11.0. The Balaban J connectivity index is 1.67. The summed E-state index contributed by atoms with van der Waals surface area (Å²) in [6.07, 6.45) is -4.79. The molecule has 2 fully saturated rings. The molecule has 2 aromatic rings. The smallest absolute Gasteiger partial charge is 0.348 e. The van der Waals surface area contributed by atoms with E-state index in [1.807, 2.05) is 0 Å². The normalized spacial score (nSPS) is 17.3. The van der Waals surface area contributed by atoms with Crippen LogP contribution in [-0.4, -0.2) is 47.2 Å². The highest BCUT2D eigenvalue weighted by molar-refractivity contribution is 6.05. The summed E-state index contributed by atoms with van der Waals surface area (Å²) in [5.41, 5.74) is -1.81. The summed E-state index contributed by atoms with van der Waals surface area (Å²) in [5, 5.41) is 5.21. The maximum atomic E-state index is 13.3. The molecular formula is C23H24F4N4O4. The van der Waals surface area contributed by atoms with Crippen molar-refractivity contribution in [2.45, 2.75) is 51.1 Å². The van der Waals surface area contributed by atoms with E-state index in [-0.39, 0.29) is 53.7 Å². The fourth-order valence-corrected chi connectivity index (χ4v) is 3.94. The molecule has 0 unspecified atom stereocenters. The fraction of sp³-hybridized carbons (Fsp3) is 0.478. The van der Waals surface area contributed by atoms with Crippen LogP contribution in [0.3, 0.4) is 0 Å². The molecule has 1 aliphatic carbocycles. The number of ether oxygens (including phenoxy) is 2. The van der Waals surface area contributed by atoms with Crippen molar-refractivity contribution in [2.75, 3.05) is 25.2 Å². The lowest BCUT2D eigenvalue weighted by Gasteiger charge is -2.20. The molecule has 2 heterocycles. The Morgan fingerprint density at radius 2 is 1.83 bits per heavy atom. The standard InChI is InChI=1S/C23H24F4N4O4/c1-12-14(4-3-5-15(12)23(25,26)27)20(33)30-19-18(21-34-8-9-35-21)16(28-13(2)29-19)10-17(32)31-22(11-24)6-7-22/h3-5,21H,6-11H2,1-2H3,(H,31,32)(H,28,29,30,33). The van der Waals surface area contributed by atoms with E-state index < -0.39 is 42.1 Å². The highest BCUT2D eigenvalue weighted by Gasteiger charge is 2.44. The van der Waals surface area contributed by atoms with Gasteiger partial charge in [-0.25, -0.2) is 14.4 Å². The van der Waals surface area contributed by atoms with Crippen LogP contribution >= 0.6 is 0 Å². The monoisotopic (exact) mass is 496 g/mol. The van der Waals surface area contributed by atoms with Gasteiger partial charge in [-0.2, -0.15) is 13.2 Å². The first-order chi connectivity index (χ1) is 16.5. The topological polar surface area (TPSA) is 102 Å². The molecule has 4 rings (SSSR count). The molecule has 12 heteroatoms. The van der Waals surface area contributed by atoms with Crippen LogP contribution < -0.4 is 10.6 Å². The predicted molar refractivity (Wildman–Crippen MR) is 115 cm³/mol. The molecule has 188 valence electrons. The van der Waals surface area contributed by atoms with Crippen LogP contribution in [0.1, 0.15) is 57.7 Å². The minimum atomic E-state index is -4.62. The molecule has 1 aromatic carbocycles. The van der Waals surface area contributed by atoms with Crippen molar-refractivity contribution >= 4 is 17.6 Å². The van der Waals surface area contributed by atoms with Crippen LogP contribution in [0.5, 0.6) is 0 Å². The number of nitrogens with zero attached hydrogens (tertiary/aromatic N) is 2. The van der Waals surface area contributed by atoms with Crippen LogP contribution in [0.15, 0.2) is 18.2 Å². The number of benzene rings is 1. The lowest BCUT2D eigenvalue weighted by molar-refractivity contribution is -0.138. The predicted octanol–water partition coefficient (Wildman–Crippen LogP) is 3.57. The number of aromatic nitrogens is 2. The van der Waals surface area contributed by atoms with Gasteiger partial charge in [-0.1, -0.05) is 6.07 Å². The first kappa shape index (κ1) is 25.0. The van der Waals surface area contributed by atoms with Crippen LogP contribution in [0, 0.1) is 13.8 Å². The number of nitrogens with one attached hydrogen (secondary N) is 2. The quantitative estimate of drug-likeness (QED) is 0.569. The minimum Gasteiger partial charge on any atom is -0.348 e. The molecule has 0 bridgehead atoms. The number of hydrogen-bond acceptors (Lipinski definition) is 6. The molecule has 2 N–H and O–H groups in total. The largest absolute Gasteiger partial charge is 0.416 e. The Bertz CT molecular complexity index is 1150. The Morgan fingerprint density at radius 1 is 1.14 bits per heavy atom. The van der Waals surface area contributed by atoms with E-state index in [1.165, 1.54) is 19.9 Å². The molecule has 2 aliphatic rings. The van der Waals surface area contributed by atoms with Gasteiger partial charge in [-0.3, -0.25) is 9.59 Å². The third-order valence-electron chi connectivity index (χ3n) is 5.95. The second-order valence-corrected chi connectivity index (χ2v) is 8.62. The Hall–Kier alpha value is -3.12. The van der Waals surface area contributed by atoms with Gasteiger partial charge in [0.15, 0.2) is 6.29 Å². The molecular weight excluding hydrogens is 472 g/mol. The number of aryl methyl sites for hydroxylation is 1. The SMILES string of the molecule is Cc1nc(CC(=O)NC2(CF)CC2)c(C2OCCO2)c(NC(=O)c2cccc(C(F)(F)F)c2C)n1. The first-order valence-corrected chi connectivity index (χ1v) is 11.0. The third kappa shape index (κ3) is 5.43. The summed E-state index contributed by atoms with van der Waals surface area (Å²) in [5.74, 6) is -1.13. The second kappa shape index (κ2) is 9.50. The number of anilines is 1. The number of carbonyl (C=O) groups is 2. The summed E-state index contributed by atoms with van der Waals surface area (Å²) < 4.78 is 64.3. The highest BCUT2D eigenvalue weighted by atomic mass is 19.4. The lowest BCUT2D eigenvalue weighted by Crippen LogP contribution is -2.39. The highest BCUT2D eigenvalue weighted by Crippen LogP contribution is 2.37. The number of carbonyl (C=O) groups excluding carboxylic acids is 2. The van der Waals surface area contributed by atoms with Crippen molar-refractivity contribution in [3.63, 3.8) is 0 Å². The summed E-state index contributed by atoms with van der Waals surface area (Å²) >= 11 is 0. The Labute approximate surface area is 198 Å². The zero-order chi connectivity index (χ0) is 25.4. The maximum absolute atomic E-state index is 13.3. The van der Waals surface area contributed by atoms with Crippen LogP contribution in [0.25, 0.3) is 0 Å². The van der Waals surface area contributed by atoms with Gasteiger partial charge >= 0.3 is 6.18 Å². The number of amides is 2. The van der Waals surface area contributed by atoms with Gasteiger partial charge in [-0.05, 0) is 44.4 Å². The summed E-state index contributed by atoms with van der Waals surface area (Å²) in [6, 6.07) is 3.32. The fourth-order valence-electron chi connectivity index (χ4n) is 3.94. The van der Waals surface area contributed by atoms with E-state index in [9.17, 15) is 27.2 Å². The van der Waals surface area contributed by atoms with E-state index in [4.69, 9.17) is 9.47 Å². The van der Waals surface area contributed by atoms with Crippen molar-refractivity contribution < 1.29 is 36.6 Å². The molecule has 0 radical (unpaired) electrons. The van der Waals surface area contributed by atoms with Gasteiger partial charge in [0.25, 0.3) is 5.91 Å². The van der Waals surface area contributed by atoms with E-state index >= 15 is 0 Å². The molecule has 8 nitrogen and oxygen atoms in total. The molecule has 2 amide bonds. The number of rotatable bonds is 7. The molecule has 1 aliphatic heterocycles. The van der Waals surface area contributed by atoms with Gasteiger partial charge in [0.05, 0.1) is 42.0 Å². The number of alkyl halides is 4. The molecule has 1 saturated carbocycles. The van der Waals surface area contributed by atoms with E-state index in [1.54, 1.807) is 0 Å². The van der Waals surface area contributed by atoms with Gasteiger partial charge in [0.2, 0.25) is 5.91 Å². The van der Waals surface area contributed by atoms with E-state index in [0.717, 1.165) is 12.1 Å². The van der Waals surface area contributed by atoms with Crippen molar-refractivity contribution in [2.24, 2.45) is 0 Å². The maximum Gasteiger partial charge on any atom is 0.416 e. The minimum absolute atomic E-state index is 0.0411. The second-order valence-electron chi connectivity index (χ2n) is 8.62. The number of halogens is 4. The van der Waals surface area contributed by atoms with Gasteiger partial charge < -0.3 is 20.1 Å². The average molecular weight is 496 g/mol. The van der Waals surface area contributed by atoms with Crippen molar-refractivity contribution in [1.29, 1.82) is 0 Å². The molecule has 1 aromatic heterocycles. The van der Waals surface area contributed by atoms with Crippen molar-refractivity contribution in [1.82, 2.24) is 15.3 Å². The van der Waals surface area contributed by atoms with Crippen molar-refractivity contribution in [3.8, 4) is 0 Å². The van der Waals surface area contributed by atoms with Crippen LogP contribution in [-0.2, 0) is 26.9 Å². The van der Waals surface area contributed by atoms with Gasteiger partial charge in [-0.15, -0.1) is 0 Å². The summed E-state index contributed by atoms with van der Waals surface area (Å²) in [4.78, 5) is 34.2. The van der Waals surface area contributed by atoms with E-state index in [2.05, 4.69) is 20.6 Å². The molecule has 35 heavy (non-hydrogen) atoms. The Kier molecular flexibility index (Phi) is 6.78. The van der Waals surface area contributed by atoms with Crippen LogP contribution in [0.4, 0.5) is 23.4 Å².